The van der Waals surface area contributed by atoms with Crippen LogP contribution in [0.2, 0.25) is 0 Å². The van der Waals surface area contributed by atoms with Crippen molar-refractivity contribution < 1.29 is 5.11 Å². The van der Waals surface area contributed by atoms with Crippen LogP contribution in [0.3, 0.4) is 0 Å². The Balaban J connectivity index is 2.47. The number of benzene rings is 1. The van der Waals surface area contributed by atoms with Crippen molar-refractivity contribution in [3.63, 3.8) is 0 Å². The summed E-state index contributed by atoms with van der Waals surface area (Å²) in [5.74, 6) is 0.739. The Morgan fingerprint density at radius 2 is 1.71 bits per heavy atom. The molecule has 0 spiro atoms. The Hall–Kier alpha value is -0.860. The molecule has 0 fully saturated rings. The molecule has 1 aromatic rings. The van der Waals surface area contributed by atoms with Gasteiger partial charge in [-0.05, 0) is 31.2 Å². The molecule has 1 unspecified atom stereocenters. The lowest BCUT2D eigenvalue weighted by Crippen LogP contribution is -2.32. The first-order valence-electron chi connectivity index (χ1n) is 6.55. The fourth-order valence-electron chi connectivity index (χ4n) is 1.95. The summed E-state index contributed by atoms with van der Waals surface area (Å²) in [6.07, 6.45) is 2.38. The highest BCUT2D eigenvalue weighted by molar-refractivity contribution is 5.19. The van der Waals surface area contributed by atoms with Gasteiger partial charge >= 0.3 is 0 Å². The summed E-state index contributed by atoms with van der Waals surface area (Å²) in [4.78, 5) is 0. The van der Waals surface area contributed by atoms with Crippen molar-refractivity contribution in [3.05, 3.63) is 35.9 Å². The standard InChI is InChI=1S/C15H25NO/c1-12(2)9-10-13(3)16-15(11-17)14-7-5-4-6-8-14/h4-8,12-13,15-17H,9-11H2,1-3H3/t13?,15-/m1/s1. The molecular formula is C15H25NO. The second-order valence-electron chi connectivity index (χ2n) is 5.18. The van der Waals surface area contributed by atoms with E-state index in [2.05, 4.69) is 38.2 Å². The average molecular weight is 235 g/mol. The predicted octanol–water partition coefficient (Wildman–Crippen LogP) is 3.13. The van der Waals surface area contributed by atoms with Crippen LogP contribution in [0.5, 0.6) is 0 Å². The van der Waals surface area contributed by atoms with Gasteiger partial charge in [-0.15, -0.1) is 0 Å². The van der Waals surface area contributed by atoms with Crippen molar-refractivity contribution in [1.82, 2.24) is 5.32 Å². The minimum absolute atomic E-state index is 0.0540. The maximum atomic E-state index is 9.44. The highest BCUT2D eigenvalue weighted by Crippen LogP contribution is 2.14. The fourth-order valence-corrected chi connectivity index (χ4v) is 1.95. The lowest BCUT2D eigenvalue weighted by Gasteiger charge is -2.22. The first-order chi connectivity index (χ1) is 8.13. The van der Waals surface area contributed by atoms with Crippen molar-refractivity contribution in [2.24, 2.45) is 5.92 Å². The molecule has 0 heterocycles. The highest BCUT2D eigenvalue weighted by atomic mass is 16.3. The van der Waals surface area contributed by atoms with Gasteiger partial charge in [0.15, 0.2) is 0 Å². The highest BCUT2D eigenvalue weighted by Gasteiger charge is 2.13. The van der Waals surface area contributed by atoms with Crippen LogP contribution in [-0.2, 0) is 0 Å². The van der Waals surface area contributed by atoms with E-state index in [9.17, 15) is 5.11 Å². The van der Waals surface area contributed by atoms with Crippen LogP contribution >= 0.6 is 0 Å². The maximum absolute atomic E-state index is 9.44. The maximum Gasteiger partial charge on any atom is 0.0626 e. The van der Waals surface area contributed by atoms with Gasteiger partial charge in [0.2, 0.25) is 0 Å². The molecule has 0 saturated heterocycles. The number of nitrogens with one attached hydrogen (secondary N) is 1. The van der Waals surface area contributed by atoms with Gasteiger partial charge in [0.25, 0.3) is 0 Å². The zero-order valence-corrected chi connectivity index (χ0v) is 11.2. The molecule has 2 nitrogen and oxygen atoms in total. The molecular weight excluding hydrogens is 210 g/mol. The van der Waals surface area contributed by atoms with Gasteiger partial charge in [-0.3, -0.25) is 0 Å². The molecule has 96 valence electrons. The summed E-state index contributed by atoms with van der Waals surface area (Å²) >= 11 is 0. The van der Waals surface area contributed by atoms with Crippen LogP contribution in [0.1, 0.15) is 45.2 Å². The van der Waals surface area contributed by atoms with Crippen LogP contribution in [-0.4, -0.2) is 17.8 Å². The molecule has 2 atom stereocenters. The topological polar surface area (TPSA) is 32.3 Å². The predicted molar refractivity (Wildman–Crippen MR) is 72.9 cm³/mol. The number of hydrogen-bond donors (Lipinski definition) is 2. The molecule has 17 heavy (non-hydrogen) atoms. The summed E-state index contributed by atoms with van der Waals surface area (Å²) in [5, 5.41) is 12.9. The summed E-state index contributed by atoms with van der Waals surface area (Å²) < 4.78 is 0. The molecule has 1 aromatic carbocycles. The van der Waals surface area contributed by atoms with Crippen molar-refractivity contribution >= 4 is 0 Å². The fraction of sp³-hybridized carbons (Fsp3) is 0.600. The van der Waals surface area contributed by atoms with Gasteiger partial charge in [0.05, 0.1) is 12.6 Å². The molecule has 0 bridgehead atoms. The Kier molecular flexibility index (Phi) is 6.23. The summed E-state index contributed by atoms with van der Waals surface area (Å²) in [6, 6.07) is 10.6. The van der Waals surface area contributed by atoms with Gasteiger partial charge in [-0.1, -0.05) is 44.2 Å². The summed E-state index contributed by atoms with van der Waals surface area (Å²) in [6.45, 7) is 6.82. The Labute approximate surface area is 105 Å². The second kappa shape index (κ2) is 7.46. The third-order valence-electron chi connectivity index (χ3n) is 3.05. The molecule has 2 N–H and O–H groups in total. The van der Waals surface area contributed by atoms with E-state index >= 15 is 0 Å². The number of aliphatic hydroxyl groups excluding tert-OH is 1. The molecule has 0 radical (unpaired) electrons. The lowest BCUT2D eigenvalue weighted by atomic mass is 10.0. The lowest BCUT2D eigenvalue weighted by molar-refractivity contribution is 0.231. The normalized spacial score (nSPS) is 14.9. The van der Waals surface area contributed by atoms with Crippen LogP contribution in [0.25, 0.3) is 0 Å². The molecule has 2 heteroatoms. The van der Waals surface area contributed by atoms with Crippen LogP contribution < -0.4 is 5.32 Å². The van der Waals surface area contributed by atoms with E-state index < -0.39 is 0 Å². The average Bonchev–Trinajstić information content (AvgIpc) is 2.34. The SMILES string of the molecule is CC(C)CCC(C)N[C@H](CO)c1ccccc1. The zero-order chi connectivity index (χ0) is 12.7. The van der Waals surface area contributed by atoms with Crippen molar-refractivity contribution in [3.8, 4) is 0 Å². The number of rotatable bonds is 7. The minimum Gasteiger partial charge on any atom is -0.394 e. The van der Waals surface area contributed by atoms with Gasteiger partial charge in [0, 0.05) is 6.04 Å². The first kappa shape index (κ1) is 14.2. The van der Waals surface area contributed by atoms with E-state index in [-0.39, 0.29) is 12.6 Å². The Morgan fingerprint density at radius 3 is 2.24 bits per heavy atom. The second-order valence-corrected chi connectivity index (χ2v) is 5.18. The van der Waals surface area contributed by atoms with E-state index in [1.165, 1.54) is 6.42 Å². The van der Waals surface area contributed by atoms with Gasteiger partial charge < -0.3 is 10.4 Å². The van der Waals surface area contributed by atoms with E-state index in [0.717, 1.165) is 17.9 Å². The minimum atomic E-state index is 0.0540. The van der Waals surface area contributed by atoms with E-state index in [4.69, 9.17) is 0 Å². The quantitative estimate of drug-likeness (QED) is 0.761. The molecule has 0 aromatic heterocycles. The number of hydrogen-bond acceptors (Lipinski definition) is 2. The third-order valence-corrected chi connectivity index (χ3v) is 3.05. The first-order valence-corrected chi connectivity index (χ1v) is 6.55. The van der Waals surface area contributed by atoms with Crippen LogP contribution in [0, 0.1) is 5.92 Å². The van der Waals surface area contributed by atoms with Crippen molar-refractivity contribution in [2.75, 3.05) is 6.61 Å². The molecule has 0 aliphatic rings. The number of aliphatic hydroxyl groups is 1. The van der Waals surface area contributed by atoms with Crippen molar-refractivity contribution in [2.45, 2.75) is 45.7 Å². The van der Waals surface area contributed by atoms with Gasteiger partial charge in [-0.2, -0.15) is 0 Å². The summed E-state index contributed by atoms with van der Waals surface area (Å²) in [5.41, 5.74) is 1.16. The largest absolute Gasteiger partial charge is 0.394 e. The molecule has 0 aliphatic heterocycles. The Morgan fingerprint density at radius 1 is 1.06 bits per heavy atom. The van der Waals surface area contributed by atoms with E-state index in [1.807, 2.05) is 18.2 Å². The zero-order valence-electron chi connectivity index (χ0n) is 11.2. The monoisotopic (exact) mass is 235 g/mol. The molecule has 0 amide bonds. The van der Waals surface area contributed by atoms with Crippen LogP contribution in [0.4, 0.5) is 0 Å². The summed E-state index contributed by atoms with van der Waals surface area (Å²) in [7, 11) is 0. The van der Waals surface area contributed by atoms with Crippen molar-refractivity contribution in [1.29, 1.82) is 0 Å². The Bertz CT molecular complexity index is 297. The van der Waals surface area contributed by atoms with E-state index in [1.54, 1.807) is 0 Å². The van der Waals surface area contributed by atoms with E-state index in [0.29, 0.717) is 6.04 Å². The molecule has 0 saturated carbocycles. The van der Waals surface area contributed by atoms with Gasteiger partial charge in [0.1, 0.15) is 0 Å². The third kappa shape index (κ3) is 5.33. The molecule has 1 rings (SSSR count). The van der Waals surface area contributed by atoms with Gasteiger partial charge in [-0.25, -0.2) is 0 Å². The smallest absolute Gasteiger partial charge is 0.0626 e. The van der Waals surface area contributed by atoms with Crippen LogP contribution in [0.15, 0.2) is 30.3 Å². The molecule has 0 aliphatic carbocycles.